The van der Waals surface area contributed by atoms with Gasteiger partial charge in [0.05, 0.1) is 0 Å². The normalized spacial score (nSPS) is 14.8. The number of nitrogens with one attached hydrogen (secondary N) is 1. The lowest BCUT2D eigenvalue weighted by molar-refractivity contribution is 0.138. The summed E-state index contributed by atoms with van der Waals surface area (Å²) in [6, 6.07) is 0. The fraction of sp³-hybridized carbons (Fsp3) is 0.810. The Hall–Kier alpha value is -0.780. The third-order valence-electron chi connectivity index (χ3n) is 9.29. The van der Waals surface area contributed by atoms with E-state index >= 15 is 0 Å². The van der Waals surface area contributed by atoms with Crippen molar-refractivity contribution in [2.75, 3.05) is 50.8 Å². The average Bonchev–Trinajstić information content (AvgIpc) is 3.27. The first-order chi connectivity index (χ1) is 22.5. The first-order valence-electron chi connectivity index (χ1n) is 19.6. The second-order valence-electron chi connectivity index (χ2n) is 15.9. The zero-order valence-corrected chi connectivity index (χ0v) is 34.0. The quantitative estimate of drug-likeness (QED) is 0.0458. The van der Waals surface area contributed by atoms with Crippen molar-refractivity contribution >= 4 is 21.6 Å². The molecule has 47 heavy (non-hydrogen) atoms. The first-order valence-corrected chi connectivity index (χ1v) is 22.1. The maximum atomic E-state index is 4.57. The van der Waals surface area contributed by atoms with E-state index in [2.05, 4.69) is 88.5 Å². The molecule has 1 aliphatic heterocycles. The summed E-state index contributed by atoms with van der Waals surface area (Å²) >= 11 is 0. The molecule has 0 atom stereocenters. The van der Waals surface area contributed by atoms with Gasteiger partial charge in [-0.1, -0.05) is 133 Å². The fourth-order valence-corrected chi connectivity index (χ4v) is 9.50. The summed E-state index contributed by atoms with van der Waals surface area (Å²) in [5.74, 6) is 2.40. The summed E-state index contributed by atoms with van der Waals surface area (Å²) in [5.41, 5.74) is 4.44. The zero-order valence-electron chi connectivity index (χ0n) is 32.4. The summed E-state index contributed by atoms with van der Waals surface area (Å²) in [5, 5.41) is 3.58. The minimum absolute atomic E-state index is 0.233. The van der Waals surface area contributed by atoms with Gasteiger partial charge in [0.1, 0.15) is 0 Å². The Kier molecular flexibility index (Phi) is 25.4. The lowest BCUT2D eigenvalue weighted by Gasteiger charge is -2.40. The number of allylic oxidation sites excluding steroid dienone is 5. The monoisotopic (exact) mass is 690 g/mol. The van der Waals surface area contributed by atoms with Crippen LogP contribution in [0, 0.1) is 10.8 Å². The van der Waals surface area contributed by atoms with Crippen molar-refractivity contribution in [2.45, 2.75) is 157 Å². The molecule has 0 unspecified atom stereocenters. The highest BCUT2D eigenvalue weighted by molar-refractivity contribution is 8.76. The molecule has 0 spiro atoms. The summed E-state index contributed by atoms with van der Waals surface area (Å²) in [7, 11) is 4.07. The molecule has 0 aliphatic carbocycles. The van der Waals surface area contributed by atoms with Crippen molar-refractivity contribution in [1.29, 1.82) is 0 Å². The standard InChI is InChI=1S/C42H79N3S2/c1-10-12-13-14-15-16-17-20-25-38(3)35-41(6,7)36-42(8,9)37-45(29-11-2)40(5)27-24-34-47-46-33-23-26-39(4)43-28-32-44-30-21-18-19-22-31-44/h16-17,43H,3-5,10-15,18-37H2,1-2,6-9H3/b17-16-. The van der Waals surface area contributed by atoms with Gasteiger partial charge in [0.2, 0.25) is 0 Å². The Balaban J connectivity index is 2.24. The number of likely N-dealkylation sites (tertiary alicyclic amines) is 1. The van der Waals surface area contributed by atoms with Crippen molar-refractivity contribution in [3.8, 4) is 0 Å². The Bertz CT molecular complexity index is 854. The van der Waals surface area contributed by atoms with Crippen molar-refractivity contribution in [3.05, 3.63) is 48.9 Å². The Labute approximate surface area is 303 Å². The second-order valence-corrected chi connectivity index (χ2v) is 18.6. The van der Waals surface area contributed by atoms with Gasteiger partial charge < -0.3 is 15.1 Å². The van der Waals surface area contributed by atoms with Gasteiger partial charge in [-0.15, -0.1) is 0 Å². The molecule has 3 nitrogen and oxygen atoms in total. The highest BCUT2D eigenvalue weighted by Crippen LogP contribution is 2.40. The van der Waals surface area contributed by atoms with E-state index in [1.54, 1.807) is 0 Å². The average molecular weight is 690 g/mol. The number of nitrogens with zero attached hydrogens (tertiary/aromatic N) is 2. The molecule has 0 aromatic heterocycles. The van der Waals surface area contributed by atoms with Gasteiger partial charge in [0, 0.05) is 49.1 Å². The summed E-state index contributed by atoms with van der Waals surface area (Å²) < 4.78 is 0. The van der Waals surface area contributed by atoms with Gasteiger partial charge in [-0.2, -0.15) is 0 Å². The molecule has 274 valence electrons. The summed E-state index contributed by atoms with van der Waals surface area (Å²) in [6.07, 6.45) is 27.3. The lowest BCUT2D eigenvalue weighted by atomic mass is 9.71. The van der Waals surface area contributed by atoms with Gasteiger partial charge >= 0.3 is 0 Å². The topological polar surface area (TPSA) is 18.5 Å². The van der Waals surface area contributed by atoms with Gasteiger partial charge in [0.15, 0.2) is 0 Å². The molecule has 1 heterocycles. The van der Waals surface area contributed by atoms with Crippen LogP contribution in [0.4, 0.5) is 0 Å². The van der Waals surface area contributed by atoms with E-state index in [4.69, 9.17) is 0 Å². The van der Waals surface area contributed by atoms with E-state index in [1.807, 2.05) is 21.6 Å². The van der Waals surface area contributed by atoms with E-state index in [0.29, 0.717) is 0 Å². The molecule has 5 heteroatoms. The molecule has 1 aliphatic rings. The Morgan fingerprint density at radius 3 is 2.09 bits per heavy atom. The van der Waals surface area contributed by atoms with Crippen molar-refractivity contribution in [3.63, 3.8) is 0 Å². The third kappa shape index (κ3) is 24.9. The molecule has 1 N–H and O–H groups in total. The second kappa shape index (κ2) is 27.0. The van der Waals surface area contributed by atoms with Crippen LogP contribution in [0.3, 0.4) is 0 Å². The smallest absolute Gasteiger partial charge is 0.0271 e. The van der Waals surface area contributed by atoms with Crippen LogP contribution in [0.2, 0.25) is 0 Å². The highest BCUT2D eigenvalue weighted by atomic mass is 33.1. The molecule has 0 bridgehead atoms. The summed E-state index contributed by atoms with van der Waals surface area (Å²) in [4.78, 5) is 5.22. The van der Waals surface area contributed by atoms with Crippen LogP contribution < -0.4 is 5.32 Å². The Morgan fingerprint density at radius 1 is 0.766 bits per heavy atom. The summed E-state index contributed by atoms with van der Waals surface area (Å²) in [6.45, 7) is 34.7. The molecule has 1 fully saturated rings. The van der Waals surface area contributed by atoms with Crippen molar-refractivity contribution < 1.29 is 0 Å². The van der Waals surface area contributed by atoms with Crippen LogP contribution in [-0.2, 0) is 0 Å². The van der Waals surface area contributed by atoms with E-state index in [1.165, 1.54) is 125 Å². The van der Waals surface area contributed by atoms with Crippen molar-refractivity contribution in [2.24, 2.45) is 10.8 Å². The minimum atomic E-state index is 0.233. The largest absolute Gasteiger partial charge is 0.388 e. The molecule has 0 aromatic carbocycles. The zero-order chi connectivity index (χ0) is 34.8. The maximum Gasteiger partial charge on any atom is 0.0271 e. The highest BCUT2D eigenvalue weighted by Gasteiger charge is 2.31. The molecule has 1 rings (SSSR count). The van der Waals surface area contributed by atoms with Gasteiger partial charge in [-0.3, -0.25) is 0 Å². The predicted molar refractivity (Wildman–Crippen MR) is 220 cm³/mol. The molecule has 0 amide bonds. The number of rotatable bonds is 30. The fourth-order valence-electron chi connectivity index (χ4n) is 7.32. The molecular formula is C42H79N3S2. The van der Waals surface area contributed by atoms with Crippen LogP contribution in [0.25, 0.3) is 0 Å². The van der Waals surface area contributed by atoms with Crippen molar-refractivity contribution in [1.82, 2.24) is 15.1 Å². The van der Waals surface area contributed by atoms with Crippen LogP contribution in [0.1, 0.15) is 157 Å². The van der Waals surface area contributed by atoms with E-state index in [0.717, 1.165) is 58.3 Å². The number of hydrogen-bond acceptors (Lipinski definition) is 5. The van der Waals surface area contributed by atoms with Crippen LogP contribution >= 0.6 is 21.6 Å². The van der Waals surface area contributed by atoms with E-state index < -0.39 is 0 Å². The molecular weight excluding hydrogens is 611 g/mol. The lowest BCUT2D eigenvalue weighted by Crippen LogP contribution is -2.37. The van der Waals surface area contributed by atoms with E-state index in [-0.39, 0.29) is 10.8 Å². The maximum absolute atomic E-state index is 4.57. The molecule has 0 saturated carbocycles. The van der Waals surface area contributed by atoms with Gasteiger partial charge in [-0.25, -0.2) is 0 Å². The first kappa shape index (κ1) is 44.2. The number of hydrogen-bond donors (Lipinski definition) is 1. The molecule has 0 aromatic rings. The van der Waals surface area contributed by atoms with Crippen LogP contribution in [0.5, 0.6) is 0 Å². The molecule has 0 radical (unpaired) electrons. The van der Waals surface area contributed by atoms with E-state index in [9.17, 15) is 0 Å². The van der Waals surface area contributed by atoms with Crippen LogP contribution in [0.15, 0.2) is 48.9 Å². The predicted octanol–water partition coefficient (Wildman–Crippen LogP) is 12.8. The van der Waals surface area contributed by atoms with Gasteiger partial charge in [0.25, 0.3) is 0 Å². The van der Waals surface area contributed by atoms with Crippen LogP contribution in [-0.4, -0.2) is 60.6 Å². The number of unbranched alkanes of at least 4 members (excludes halogenated alkanes) is 4. The third-order valence-corrected chi connectivity index (χ3v) is 11.9. The SMILES string of the molecule is C=C(CC/C=C\CCCCCC)CC(C)(C)CC(C)(C)CN(CCC)C(=C)CCCSSCCCC(=C)NCCN1CCCCCC1. The minimum Gasteiger partial charge on any atom is -0.388 e. The molecule has 1 saturated heterocycles. The Morgan fingerprint density at radius 2 is 1.43 bits per heavy atom. The van der Waals surface area contributed by atoms with Gasteiger partial charge in [-0.05, 0) is 107 Å².